The maximum Gasteiger partial charge on any atom is 0.224 e. The van der Waals surface area contributed by atoms with Crippen LogP contribution in [-0.4, -0.2) is 9.97 Å². The highest BCUT2D eigenvalue weighted by Gasteiger charge is 2.08. The number of fused-ring (bicyclic) bond motifs is 1. The van der Waals surface area contributed by atoms with Gasteiger partial charge in [-0.1, -0.05) is 11.6 Å². The zero-order valence-electron chi connectivity index (χ0n) is 6.76. The lowest BCUT2D eigenvalue weighted by molar-refractivity contribution is 0.634. The molecule has 1 heterocycles. The van der Waals surface area contributed by atoms with E-state index >= 15 is 0 Å². The number of hydrogen-bond acceptors (Lipinski definition) is 3. The summed E-state index contributed by atoms with van der Waals surface area (Å²) in [6.45, 7) is 0. The number of aromatic nitrogens is 2. The van der Waals surface area contributed by atoms with Crippen molar-refractivity contribution in [3.63, 3.8) is 0 Å². The Hall–Kier alpha value is -1.13. The summed E-state index contributed by atoms with van der Waals surface area (Å²) >= 11 is 11.3. The van der Waals surface area contributed by atoms with Crippen LogP contribution >= 0.6 is 23.2 Å². The van der Waals surface area contributed by atoms with Crippen LogP contribution in [0.15, 0.2) is 12.1 Å². The topological polar surface area (TPSA) is 51.8 Å². The number of nitrogens with zero attached hydrogens (tertiary/aromatic N) is 2. The first-order valence-corrected chi connectivity index (χ1v) is 4.41. The minimum Gasteiger partial charge on any atom is -0.396 e. The van der Waals surface area contributed by atoms with E-state index < -0.39 is 5.82 Å². The third-order valence-corrected chi connectivity index (χ3v) is 2.20. The first kappa shape index (κ1) is 9.43. The van der Waals surface area contributed by atoms with Crippen LogP contribution in [0.2, 0.25) is 10.4 Å². The number of benzene rings is 1. The van der Waals surface area contributed by atoms with Gasteiger partial charge in [0.25, 0.3) is 0 Å². The Labute approximate surface area is 88.7 Å². The van der Waals surface area contributed by atoms with Gasteiger partial charge in [0.15, 0.2) is 0 Å². The molecule has 0 unspecified atom stereocenters. The van der Waals surface area contributed by atoms with Crippen molar-refractivity contribution in [2.75, 3.05) is 5.73 Å². The lowest BCUT2D eigenvalue weighted by atomic mass is 10.2. The standard InChI is InChI=1S/C8H4Cl2FN3/c9-7-3-1-5(12)4(11)2-6(3)13-8(10)14-7/h1-2H,12H2. The van der Waals surface area contributed by atoms with Crippen LogP contribution in [0.3, 0.4) is 0 Å². The van der Waals surface area contributed by atoms with E-state index in [2.05, 4.69) is 9.97 Å². The average molecular weight is 232 g/mol. The van der Waals surface area contributed by atoms with Gasteiger partial charge in [0.05, 0.1) is 11.2 Å². The predicted octanol–water partition coefficient (Wildman–Crippen LogP) is 2.66. The van der Waals surface area contributed by atoms with E-state index in [0.717, 1.165) is 0 Å². The Kier molecular flexibility index (Phi) is 2.17. The Balaban J connectivity index is 2.89. The lowest BCUT2D eigenvalue weighted by Crippen LogP contribution is -1.93. The zero-order chi connectivity index (χ0) is 10.3. The quantitative estimate of drug-likeness (QED) is 0.431. The molecule has 0 aliphatic rings. The van der Waals surface area contributed by atoms with Crippen molar-refractivity contribution in [1.29, 1.82) is 0 Å². The summed E-state index contributed by atoms with van der Waals surface area (Å²) in [5, 5.41) is 0.619. The molecule has 0 fully saturated rings. The van der Waals surface area contributed by atoms with Crippen LogP contribution in [0, 0.1) is 5.82 Å². The zero-order valence-corrected chi connectivity index (χ0v) is 8.27. The van der Waals surface area contributed by atoms with Crippen LogP contribution in [0.5, 0.6) is 0 Å². The van der Waals surface area contributed by atoms with E-state index in [1.54, 1.807) is 0 Å². The van der Waals surface area contributed by atoms with Gasteiger partial charge in [0.2, 0.25) is 5.28 Å². The maximum atomic E-state index is 13.0. The van der Waals surface area contributed by atoms with Crippen molar-refractivity contribution in [3.8, 4) is 0 Å². The molecule has 1 aromatic carbocycles. The molecule has 0 amide bonds. The van der Waals surface area contributed by atoms with Crippen LogP contribution in [-0.2, 0) is 0 Å². The SMILES string of the molecule is Nc1cc2c(Cl)nc(Cl)nc2cc1F. The highest BCUT2D eigenvalue weighted by molar-refractivity contribution is 6.35. The van der Waals surface area contributed by atoms with Gasteiger partial charge in [-0.3, -0.25) is 0 Å². The Morgan fingerprint density at radius 3 is 2.64 bits per heavy atom. The van der Waals surface area contributed by atoms with Crippen LogP contribution < -0.4 is 5.73 Å². The molecule has 0 spiro atoms. The fourth-order valence-corrected chi connectivity index (χ4v) is 1.55. The molecule has 2 N–H and O–H groups in total. The molecule has 0 radical (unpaired) electrons. The Morgan fingerprint density at radius 2 is 1.93 bits per heavy atom. The Morgan fingerprint density at radius 1 is 1.21 bits per heavy atom. The van der Waals surface area contributed by atoms with Gasteiger partial charge in [-0.2, -0.15) is 0 Å². The van der Waals surface area contributed by atoms with Gasteiger partial charge in [-0.15, -0.1) is 0 Å². The second-order valence-corrected chi connectivity index (χ2v) is 3.37. The van der Waals surface area contributed by atoms with Crippen LogP contribution in [0.1, 0.15) is 0 Å². The number of anilines is 1. The summed E-state index contributed by atoms with van der Waals surface area (Å²) in [6, 6.07) is 2.55. The molecular weight excluding hydrogens is 228 g/mol. The molecule has 2 rings (SSSR count). The van der Waals surface area contributed by atoms with E-state index in [0.29, 0.717) is 10.9 Å². The largest absolute Gasteiger partial charge is 0.396 e. The highest BCUT2D eigenvalue weighted by Crippen LogP contribution is 2.25. The van der Waals surface area contributed by atoms with Gasteiger partial charge in [-0.05, 0) is 17.7 Å². The van der Waals surface area contributed by atoms with Crippen molar-refractivity contribution in [2.45, 2.75) is 0 Å². The molecule has 72 valence electrons. The monoisotopic (exact) mass is 231 g/mol. The first-order valence-electron chi connectivity index (χ1n) is 3.65. The van der Waals surface area contributed by atoms with Crippen LogP contribution in [0.4, 0.5) is 10.1 Å². The van der Waals surface area contributed by atoms with E-state index in [9.17, 15) is 4.39 Å². The van der Waals surface area contributed by atoms with Crippen molar-refractivity contribution in [1.82, 2.24) is 9.97 Å². The number of rotatable bonds is 0. The summed E-state index contributed by atoms with van der Waals surface area (Å²) in [7, 11) is 0. The minimum atomic E-state index is -0.552. The number of nitrogen functional groups attached to an aromatic ring is 1. The number of nitrogens with two attached hydrogens (primary N) is 1. The van der Waals surface area contributed by atoms with E-state index in [4.69, 9.17) is 28.9 Å². The fourth-order valence-electron chi connectivity index (χ4n) is 1.10. The van der Waals surface area contributed by atoms with Crippen molar-refractivity contribution >= 4 is 39.8 Å². The smallest absolute Gasteiger partial charge is 0.224 e. The average Bonchev–Trinajstić information content (AvgIpc) is 2.08. The van der Waals surface area contributed by atoms with Crippen LogP contribution in [0.25, 0.3) is 10.9 Å². The van der Waals surface area contributed by atoms with Gasteiger partial charge >= 0.3 is 0 Å². The maximum absolute atomic E-state index is 13.0. The third kappa shape index (κ3) is 1.47. The second-order valence-electron chi connectivity index (χ2n) is 2.67. The normalized spacial score (nSPS) is 10.8. The van der Waals surface area contributed by atoms with Gasteiger partial charge < -0.3 is 5.73 Å². The summed E-state index contributed by atoms with van der Waals surface area (Å²) in [4.78, 5) is 7.53. The molecule has 6 heteroatoms. The predicted molar refractivity (Wildman–Crippen MR) is 53.9 cm³/mol. The molecule has 0 saturated carbocycles. The van der Waals surface area contributed by atoms with E-state index in [-0.39, 0.29) is 16.1 Å². The third-order valence-electron chi connectivity index (χ3n) is 1.74. The summed E-state index contributed by atoms with van der Waals surface area (Å²) in [5.41, 5.74) is 5.71. The molecule has 0 aliphatic heterocycles. The number of halogens is 3. The van der Waals surface area contributed by atoms with Crippen molar-refractivity contribution in [3.05, 3.63) is 28.4 Å². The second kappa shape index (κ2) is 3.22. The van der Waals surface area contributed by atoms with Gasteiger partial charge in [-0.25, -0.2) is 14.4 Å². The highest BCUT2D eigenvalue weighted by atomic mass is 35.5. The summed E-state index contributed by atoms with van der Waals surface area (Å²) in [5.74, 6) is -0.552. The molecule has 14 heavy (non-hydrogen) atoms. The minimum absolute atomic E-state index is 0.00493. The van der Waals surface area contributed by atoms with Gasteiger partial charge in [0.1, 0.15) is 11.0 Å². The fraction of sp³-hybridized carbons (Fsp3) is 0. The molecule has 3 nitrogen and oxygen atoms in total. The molecule has 0 bridgehead atoms. The lowest BCUT2D eigenvalue weighted by Gasteiger charge is -2.02. The van der Waals surface area contributed by atoms with E-state index in [1.807, 2.05) is 0 Å². The summed E-state index contributed by atoms with van der Waals surface area (Å²) in [6.07, 6.45) is 0. The number of hydrogen-bond donors (Lipinski definition) is 1. The Bertz CT molecular complexity index is 515. The van der Waals surface area contributed by atoms with Crippen molar-refractivity contribution < 1.29 is 4.39 Å². The first-order chi connectivity index (χ1) is 6.58. The van der Waals surface area contributed by atoms with E-state index in [1.165, 1.54) is 12.1 Å². The van der Waals surface area contributed by atoms with Crippen molar-refractivity contribution in [2.24, 2.45) is 0 Å². The molecule has 0 saturated heterocycles. The molecule has 2 aromatic rings. The molecular formula is C8H4Cl2FN3. The molecule has 0 aliphatic carbocycles. The molecule has 0 atom stereocenters. The van der Waals surface area contributed by atoms with Gasteiger partial charge in [0, 0.05) is 11.5 Å². The molecule has 1 aromatic heterocycles. The summed E-state index contributed by atoms with van der Waals surface area (Å²) < 4.78 is 13.0.